The van der Waals surface area contributed by atoms with Crippen LogP contribution < -0.4 is 15.4 Å². The number of nitrogens with one attached hydrogen (secondary N) is 2. The standard InChI is InChI=1S/C24H19FN2O4/c1-15-9-11-18(12-10-15)30-14-21(28)27-22-19-7-2-3-8-20(19)31-23(22)24(29)26-17-6-4-5-16(25)13-17/h2-13H,14H2,1H3,(H,26,29)(H,27,28). The van der Waals surface area contributed by atoms with Crippen LogP contribution in [0.5, 0.6) is 5.75 Å². The van der Waals surface area contributed by atoms with E-state index in [-0.39, 0.29) is 23.7 Å². The van der Waals surface area contributed by atoms with E-state index in [2.05, 4.69) is 10.6 Å². The van der Waals surface area contributed by atoms with E-state index in [1.54, 1.807) is 42.5 Å². The summed E-state index contributed by atoms with van der Waals surface area (Å²) in [6.45, 7) is 1.71. The van der Waals surface area contributed by atoms with Crippen LogP contribution in [0.15, 0.2) is 77.2 Å². The predicted octanol–water partition coefficient (Wildman–Crippen LogP) is 5.15. The molecule has 1 heterocycles. The van der Waals surface area contributed by atoms with Gasteiger partial charge in [-0.25, -0.2) is 4.39 Å². The molecule has 0 aliphatic carbocycles. The fourth-order valence-electron chi connectivity index (χ4n) is 3.04. The molecule has 7 heteroatoms. The van der Waals surface area contributed by atoms with E-state index >= 15 is 0 Å². The third kappa shape index (κ3) is 4.72. The first-order chi connectivity index (χ1) is 15.0. The van der Waals surface area contributed by atoms with Gasteiger partial charge >= 0.3 is 0 Å². The number of hydrogen-bond donors (Lipinski definition) is 2. The van der Waals surface area contributed by atoms with Crippen molar-refractivity contribution in [1.29, 1.82) is 0 Å². The van der Waals surface area contributed by atoms with Gasteiger partial charge in [0.1, 0.15) is 22.8 Å². The molecule has 0 bridgehead atoms. The van der Waals surface area contributed by atoms with E-state index in [1.807, 2.05) is 19.1 Å². The molecule has 4 rings (SSSR count). The summed E-state index contributed by atoms with van der Waals surface area (Å²) in [5, 5.41) is 5.85. The number of benzene rings is 3. The zero-order valence-electron chi connectivity index (χ0n) is 16.6. The van der Waals surface area contributed by atoms with Gasteiger partial charge in [-0.3, -0.25) is 9.59 Å². The van der Waals surface area contributed by atoms with Crippen LogP contribution in [0.4, 0.5) is 15.8 Å². The topological polar surface area (TPSA) is 80.6 Å². The van der Waals surface area contributed by atoms with Crippen LogP contribution in [0.1, 0.15) is 16.1 Å². The van der Waals surface area contributed by atoms with E-state index in [4.69, 9.17) is 9.15 Å². The average Bonchev–Trinajstić information content (AvgIpc) is 3.12. The number of carbonyl (C=O) groups excluding carboxylic acids is 2. The van der Waals surface area contributed by atoms with Gasteiger partial charge in [-0.1, -0.05) is 35.9 Å². The third-order valence-corrected chi connectivity index (χ3v) is 4.54. The highest BCUT2D eigenvalue weighted by atomic mass is 19.1. The largest absolute Gasteiger partial charge is 0.484 e. The minimum Gasteiger partial charge on any atom is -0.484 e. The van der Waals surface area contributed by atoms with Crippen molar-refractivity contribution in [2.45, 2.75) is 6.92 Å². The highest BCUT2D eigenvalue weighted by Crippen LogP contribution is 2.31. The molecule has 2 amide bonds. The van der Waals surface area contributed by atoms with Crippen molar-refractivity contribution in [3.05, 3.63) is 89.9 Å². The Kier molecular flexibility index (Phi) is 5.66. The summed E-state index contributed by atoms with van der Waals surface area (Å²) in [4.78, 5) is 25.3. The predicted molar refractivity (Wildman–Crippen MR) is 116 cm³/mol. The number of fused-ring (bicyclic) bond motifs is 1. The Bertz CT molecular complexity index is 1250. The van der Waals surface area contributed by atoms with Crippen molar-refractivity contribution in [2.75, 3.05) is 17.2 Å². The number of rotatable bonds is 6. The molecule has 156 valence electrons. The molecule has 0 spiro atoms. The Morgan fingerprint density at radius 1 is 0.968 bits per heavy atom. The molecule has 0 aliphatic rings. The van der Waals surface area contributed by atoms with Crippen molar-refractivity contribution in [1.82, 2.24) is 0 Å². The second kappa shape index (κ2) is 8.71. The maximum atomic E-state index is 13.4. The van der Waals surface area contributed by atoms with Crippen molar-refractivity contribution < 1.29 is 23.1 Å². The molecule has 4 aromatic rings. The summed E-state index contributed by atoms with van der Waals surface area (Å²) >= 11 is 0. The lowest BCUT2D eigenvalue weighted by Crippen LogP contribution is -2.22. The Labute approximate surface area is 177 Å². The second-order valence-electron chi connectivity index (χ2n) is 6.92. The number of halogens is 1. The first kappa shape index (κ1) is 20.2. The first-order valence-corrected chi connectivity index (χ1v) is 9.57. The van der Waals surface area contributed by atoms with Gasteiger partial charge in [0.25, 0.3) is 11.8 Å². The van der Waals surface area contributed by atoms with Crippen LogP contribution in [-0.2, 0) is 4.79 Å². The molecule has 0 atom stereocenters. The van der Waals surface area contributed by atoms with E-state index < -0.39 is 17.6 Å². The van der Waals surface area contributed by atoms with Gasteiger partial charge in [0.15, 0.2) is 6.61 Å². The maximum absolute atomic E-state index is 13.4. The zero-order valence-corrected chi connectivity index (χ0v) is 16.6. The quantitative estimate of drug-likeness (QED) is 0.454. The highest BCUT2D eigenvalue weighted by molar-refractivity contribution is 6.14. The van der Waals surface area contributed by atoms with Crippen LogP contribution in [0.25, 0.3) is 11.0 Å². The Morgan fingerprint density at radius 3 is 2.52 bits per heavy atom. The lowest BCUT2D eigenvalue weighted by molar-refractivity contribution is -0.118. The Balaban J connectivity index is 1.55. The van der Waals surface area contributed by atoms with Gasteiger partial charge in [-0.15, -0.1) is 0 Å². The molecule has 0 aliphatic heterocycles. The number of hydrogen-bond acceptors (Lipinski definition) is 4. The van der Waals surface area contributed by atoms with Gasteiger partial charge in [-0.2, -0.15) is 0 Å². The lowest BCUT2D eigenvalue weighted by Gasteiger charge is -2.09. The number of furan rings is 1. The maximum Gasteiger partial charge on any atom is 0.293 e. The number of carbonyl (C=O) groups is 2. The number of anilines is 2. The highest BCUT2D eigenvalue weighted by Gasteiger charge is 2.22. The average molecular weight is 418 g/mol. The molecule has 3 aromatic carbocycles. The van der Waals surface area contributed by atoms with Crippen LogP contribution in [-0.4, -0.2) is 18.4 Å². The SMILES string of the molecule is Cc1ccc(OCC(=O)Nc2c(C(=O)Nc3cccc(F)c3)oc3ccccc23)cc1. The molecule has 0 radical (unpaired) electrons. The van der Waals surface area contributed by atoms with Crippen molar-refractivity contribution >= 4 is 34.2 Å². The summed E-state index contributed by atoms with van der Waals surface area (Å²) < 4.78 is 24.6. The van der Waals surface area contributed by atoms with Gasteiger partial charge in [-0.05, 0) is 49.4 Å². The smallest absolute Gasteiger partial charge is 0.293 e. The lowest BCUT2D eigenvalue weighted by atomic mass is 10.2. The van der Waals surface area contributed by atoms with Crippen molar-refractivity contribution in [3.63, 3.8) is 0 Å². The van der Waals surface area contributed by atoms with Crippen LogP contribution in [0, 0.1) is 12.7 Å². The fraction of sp³-hybridized carbons (Fsp3) is 0.0833. The number of para-hydroxylation sites is 1. The minimum atomic E-state index is -0.614. The first-order valence-electron chi connectivity index (χ1n) is 9.57. The van der Waals surface area contributed by atoms with Gasteiger partial charge in [0.05, 0.1) is 0 Å². The molecule has 2 N–H and O–H groups in total. The summed E-state index contributed by atoms with van der Waals surface area (Å²) in [5.74, 6) is -1.08. The molecule has 0 saturated heterocycles. The monoisotopic (exact) mass is 418 g/mol. The summed E-state index contributed by atoms with van der Waals surface area (Å²) in [6.07, 6.45) is 0. The van der Waals surface area contributed by atoms with E-state index in [0.717, 1.165) is 5.56 Å². The molecule has 31 heavy (non-hydrogen) atoms. The molecule has 6 nitrogen and oxygen atoms in total. The van der Waals surface area contributed by atoms with E-state index in [0.29, 0.717) is 16.7 Å². The molecular formula is C24H19FN2O4. The Morgan fingerprint density at radius 2 is 1.74 bits per heavy atom. The summed E-state index contributed by atoms with van der Waals surface area (Å²) in [5.41, 5.74) is 2.00. The summed E-state index contributed by atoms with van der Waals surface area (Å²) in [6, 6.07) is 19.7. The number of amides is 2. The number of aryl methyl sites for hydroxylation is 1. The molecule has 1 aromatic heterocycles. The molecule has 0 unspecified atom stereocenters. The van der Waals surface area contributed by atoms with Gasteiger partial charge in [0.2, 0.25) is 5.76 Å². The van der Waals surface area contributed by atoms with Crippen LogP contribution in [0.3, 0.4) is 0 Å². The third-order valence-electron chi connectivity index (χ3n) is 4.54. The minimum absolute atomic E-state index is 0.0888. The Hall–Kier alpha value is -4.13. The van der Waals surface area contributed by atoms with E-state index in [9.17, 15) is 14.0 Å². The second-order valence-corrected chi connectivity index (χ2v) is 6.92. The van der Waals surface area contributed by atoms with Gasteiger partial charge < -0.3 is 19.8 Å². The van der Waals surface area contributed by atoms with Crippen LogP contribution in [0.2, 0.25) is 0 Å². The van der Waals surface area contributed by atoms with E-state index in [1.165, 1.54) is 18.2 Å². The zero-order chi connectivity index (χ0) is 21.8. The fourth-order valence-corrected chi connectivity index (χ4v) is 3.04. The van der Waals surface area contributed by atoms with Gasteiger partial charge in [0, 0.05) is 11.1 Å². The van der Waals surface area contributed by atoms with Crippen LogP contribution >= 0.6 is 0 Å². The van der Waals surface area contributed by atoms with Crippen molar-refractivity contribution in [2.24, 2.45) is 0 Å². The molecule has 0 saturated carbocycles. The molecular weight excluding hydrogens is 399 g/mol. The number of ether oxygens (including phenoxy) is 1. The van der Waals surface area contributed by atoms with Crippen molar-refractivity contribution in [3.8, 4) is 5.75 Å². The normalized spacial score (nSPS) is 10.6. The molecule has 0 fully saturated rings. The summed E-state index contributed by atoms with van der Waals surface area (Å²) in [7, 11) is 0.